The maximum Gasteiger partial charge on any atom is 0.269 e. The lowest BCUT2D eigenvalue weighted by atomic mass is 10.0. The van der Waals surface area contributed by atoms with Gasteiger partial charge in [0.05, 0.1) is 29.9 Å². The highest BCUT2D eigenvalue weighted by atomic mass is 32.2. The summed E-state index contributed by atoms with van der Waals surface area (Å²) < 4.78 is 24.2. The lowest BCUT2D eigenvalue weighted by molar-refractivity contribution is -0.384. The molecule has 0 saturated heterocycles. The number of nitrogens with zero attached hydrogens (tertiary/aromatic N) is 1. The van der Waals surface area contributed by atoms with Gasteiger partial charge in [0.25, 0.3) is 5.69 Å². The van der Waals surface area contributed by atoms with Crippen LogP contribution in [0.25, 0.3) is 0 Å². The van der Waals surface area contributed by atoms with E-state index in [0.29, 0.717) is 0 Å². The summed E-state index contributed by atoms with van der Waals surface area (Å²) in [6.07, 6.45) is -0.404. The van der Waals surface area contributed by atoms with Crippen molar-refractivity contribution in [1.82, 2.24) is 4.72 Å². The molecule has 2 atom stereocenters. The smallest absolute Gasteiger partial charge is 0.269 e. The van der Waals surface area contributed by atoms with Crippen LogP contribution in [0.3, 0.4) is 0 Å². The van der Waals surface area contributed by atoms with Crippen LogP contribution in [0.5, 0.6) is 0 Å². The molecular weight excluding hydrogens is 276 g/mol. The average Bonchev–Trinajstić information content (AvgIpc) is 2.34. The number of nitro groups is 1. The molecule has 0 spiro atoms. The van der Waals surface area contributed by atoms with Crippen LogP contribution in [0, 0.1) is 10.1 Å². The van der Waals surface area contributed by atoms with Gasteiger partial charge in [-0.2, -0.15) is 0 Å². The van der Waals surface area contributed by atoms with Gasteiger partial charge in [-0.15, -0.1) is 0 Å². The molecule has 3 N–H and O–H groups in total. The van der Waals surface area contributed by atoms with Crippen molar-refractivity contribution in [2.24, 2.45) is 0 Å². The molecule has 19 heavy (non-hydrogen) atoms. The fourth-order valence-electron chi connectivity index (χ4n) is 1.50. The summed E-state index contributed by atoms with van der Waals surface area (Å²) in [6, 6.07) is 3.86. The number of aliphatic hydroxyl groups is 2. The Morgan fingerprint density at radius 3 is 2.26 bits per heavy atom. The number of sulfonamides is 1. The first kappa shape index (κ1) is 15.5. The summed E-state index contributed by atoms with van der Waals surface area (Å²) in [5.74, 6) is 0. The molecule has 1 rings (SSSR count). The number of nitrogens with one attached hydrogen (secondary N) is 1. The molecule has 0 aromatic heterocycles. The van der Waals surface area contributed by atoms with Crippen molar-refractivity contribution in [1.29, 1.82) is 0 Å². The molecule has 1 aromatic rings. The Morgan fingerprint density at radius 2 is 1.89 bits per heavy atom. The summed E-state index contributed by atoms with van der Waals surface area (Å²) >= 11 is 0. The number of aliphatic hydroxyl groups excluding tert-OH is 2. The molecule has 0 aliphatic rings. The summed E-state index contributed by atoms with van der Waals surface area (Å²) in [7, 11) is -3.59. The molecule has 0 radical (unpaired) electrons. The van der Waals surface area contributed by atoms with Crippen molar-refractivity contribution >= 4 is 15.7 Å². The van der Waals surface area contributed by atoms with Crippen molar-refractivity contribution in [3.8, 4) is 0 Å². The molecule has 2 unspecified atom stereocenters. The summed E-state index contributed by atoms with van der Waals surface area (Å²) in [6.45, 7) is -0.606. The van der Waals surface area contributed by atoms with Crippen LogP contribution in [0.2, 0.25) is 0 Å². The zero-order valence-corrected chi connectivity index (χ0v) is 10.9. The summed E-state index contributed by atoms with van der Waals surface area (Å²) in [4.78, 5) is 9.88. The molecule has 0 heterocycles. The highest BCUT2D eigenvalue weighted by Crippen LogP contribution is 2.20. The predicted molar refractivity (Wildman–Crippen MR) is 66.9 cm³/mol. The van der Waals surface area contributed by atoms with Crippen LogP contribution in [-0.4, -0.2) is 42.5 Å². The van der Waals surface area contributed by atoms with Gasteiger partial charge in [-0.1, -0.05) is 0 Å². The van der Waals surface area contributed by atoms with E-state index in [9.17, 15) is 23.6 Å². The summed E-state index contributed by atoms with van der Waals surface area (Å²) in [5, 5.41) is 29.5. The Labute approximate surface area is 109 Å². The Bertz CT molecular complexity index is 542. The number of hydrogen-bond donors (Lipinski definition) is 3. The standard InChI is InChI=1S/C10H14N2O6S/c1-19(17,18)11-9(6-13)10(14)7-2-4-8(5-3-7)12(15)16/h2-5,9-11,13-14H,6H2,1H3. The number of non-ortho nitro benzene ring substituents is 1. The second-order valence-electron chi connectivity index (χ2n) is 3.97. The van der Waals surface area contributed by atoms with Gasteiger partial charge in [-0.25, -0.2) is 13.1 Å². The Balaban J connectivity index is 2.91. The predicted octanol–water partition coefficient (Wildman–Crippen LogP) is -0.462. The minimum absolute atomic E-state index is 0.146. The normalized spacial score (nSPS) is 14.9. The van der Waals surface area contributed by atoms with Crippen LogP contribution in [0.15, 0.2) is 24.3 Å². The molecular formula is C10H14N2O6S. The third-order valence-corrected chi connectivity index (χ3v) is 3.12. The third kappa shape index (κ3) is 4.56. The Kier molecular flexibility index (Phi) is 4.95. The lowest BCUT2D eigenvalue weighted by Gasteiger charge is -2.21. The average molecular weight is 290 g/mol. The van der Waals surface area contributed by atoms with E-state index >= 15 is 0 Å². The van der Waals surface area contributed by atoms with Gasteiger partial charge in [0.15, 0.2) is 0 Å². The van der Waals surface area contributed by atoms with E-state index < -0.39 is 33.7 Å². The van der Waals surface area contributed by atoms with Crippen molar-refractivity contribution in [3.05, 3.63) is 39.9 Å². The monoisotopic (exact) mass is 290 g/mol. The fraction of sp³-hybridized carbons (Fsp3) is 0.400. The second kappa shape index (κ2) is 6.06. The second-order valence-corrected chi connectivity index (χ2v) is 5.75. The highest BCUT2D eigenvalue weighted by Gasteiger charge is 2.23. The first-order chi connectivity index (χ1) is 8.74. The molecule has 0 aliphatic heterocycles. The minimum atomic E-state index is -3.59. The van der Waals surface area contributed by atoms with E-state index in [1.165, 1.54) is 24.3 Å². The van der Waals surface area contributed by atoms with Crippen molar-refractivity contribution < 1.29 is 23.6 Å². The van der Waals surface area contributed by atoms with E-state index in [2.05, 4.69) is 4.72 Å². The number of benzene rings is 1. The maximum absolute atomic E-state index is 11.1. The number of rotatable bonds is 6. The van der Waals surface area contributed by atoms with E-state index in [0.717, 1.165) is 6.26 Å². The SMILES string of the molecule is CS(=O)(=O)NC(CO)C(O)c1ccc([N+](=O)[O-])cc1. The van der Waals surface area contributed by atoms with Gasteiger partial charge < -0.3 is 10.2 Å². The van der Waals surface area contributed by atoms with E-state index in [1.54, 1.807) is 0 Å². The Morgan fingerprint density at radius 1 is 1.37 bits per heavy atom. The molecule has 106 valence electrons. The molecule has 8 nitrogen and oxygen atoms in total. The van der Waals surface area contributed by atoms with Crippen molar-refractivity contribution in [2.75, 3.05) is 12.9 Å². The topological polar surface area (TPSA) is 130 Å². The first-order valence-corrected chi connectivity index (χ1v) is 7.14. The van der Waals surface area contributed by atoms with Gasteiger partial charge in [0.1, 0.15) is 0 Å². The van der Waals surface area contributed by atoms with Crippen molar-refractivity contribution in [2.45, 2.75) is 12.1 Å². The zero-order chi connectivity index (χ0) is 14.6. The van der Waals surface area contributed by atoms with Gasteiger partial charge in [-0.05, 0) is 17.7 Å². The molecule has 1 aromatic carbocycles. The van der Waals surface area contributed by atoms with Gasteiger partial charge >= 0.3 is 0 Å². The quantitative estimate of drug-likeness (QED) is 0.480. The van der Waals surface area contributed by atoms with Crippen LogP contribution >= 0.6 is 0 Å². The van der Waals surface area contributed by atoms with Gasteiger partial charge in [-0.3, -0.25) is 10.1 Å². The van der Waals surface area contributed by atoms with Crippen molar-refractivity contribution in [3.63, 3.8) is 0 Å². The molecule has 0 aliphatic carbocycles. The van der Waals surface area contributed by atoms with Crippen LogP contribution in [0.4, 0.5) is 5.69 Å². The highest BCUT2D eigenvalue weighted by molar-refractivity contribution is 7.88. The minimum Gasteiger partial charge on any atom is -0.395 e. The maximum atomic E-state index is 11.1. The largest absolute Gasteiger partial charge is 0.395 e. The first-order valence-electron chi connectivity index (χ1n) is 5.25. The van der Waals surface area contributed by atoms with E-state index in [1.807, 2.05) is 0 Å². The molecule has 0 fully saturated rings. The van der Waals surface area contributed by atoms with E-state index in [4.69, 9.17) is 5.11 Å². The molecule has 9 heteroatoms. The summed E-state index contributed by atoms with van der Waals surface area (Å²) in [5.41, 5.74) is 0.119. The van der Waals surface area contributed by atoms with Crippen LogP contribution in [-0.2, 0) is 10.0 Å². The molecule has 0 saturated carbocycles. The zero-order valence-electron chi connectivity index (χ0n) is 10.1. The van der Waals surface area contributed by atoms with Crippen LogP contribution < -0.4 is 4.72 Å². The Hall–Kier alpha value is -1.55. The van der Waals surface area contributed by atoms with Gasteiger partial charge in [0, 0.05) is 12.1 Å². The molecule has 0 amide bonds. The van der Waals surface area contributed by atoms with Gasteiger partial charge in [0.2, 0.25) is 10.0 Å². The number of hydrogen-bond acceptors (Lipinski definition) is 6. The third-order valence-electron chi connectivity index (χ3n) is 2.39. The molecule has 0 bridgehead atoms. The van der Waals surface area contributed by atoms with Crippen LogP contribution in [0.1, 0.15) is 11.7 Å². The number of nitro benzene ring substituents is 1. The van der Waals surface area contributed by atoms with E-state index in [-0.39, 0.29) is 11.3 Å². The lowest BCUT2D eigenvalue weighted by Crippen LogP contribution is -2.41. The fourth-order valence-corrected chi connectivity index (χ4v) is 2.26.